The van der Waals surface area contributed by atoms with Crippen LogP contribution >= 0.6 is 0 Å². The molecule has 5 rings (SSSR count). The molecule has 1 amide bonds. The fourth-order valence-electron chi connectivity index (χ4n) is 3.39. The fourth-order valence-corrected chi connectivity index (χ4v) is 3.39. The molecule has 0 radical (unpaired) electrons. The van der Waals surface area contributed by atoms with E-state index in [1.54, 1.807) is 24.5 Å². The van der Waals surface area contributed by atoms with E-state index in [4.69, 9.17) is 8.83 Å². The van der Waals surface area contributed by atoms with Gasteiger partial charge in [0.15, 0.2) is 5.76 Å². The highest BCUT2D eigenvalue weighted by molar-refractivity contribution is 5.96. The van der Waals surface area contributed by atoms with Crippen molar-refractivity contribution in [3.05, 3.63) is 90.7 Å². The zero-order valence-corrected chi connectivity index (χ0v) is 15.9. The number of anilines is 1. The molecule has 5 aromatic rings. The maximum atomic E-state index is 12.7. The van der Waals surface area contributed by atoms with Crippen LogP contribution in [0.15, 0.2) is 94.0 Å². The number of amides is 1. The molecule has 146 valence electrons. The van der Waals surface area contributed by atoms with E-state index >= 15 is 0 Å². The summed E-state index contributed by atoms with van der Waals surface area (Å²) in [5, 5.41) is 13.2. The maximum Gasteiger partial charge on any atom is 0.283 e. The molecule has 0 spiro atoms. The van der Waals surface area contributed by atoms with Crippen LogP contribution in [0, 0.1) is 0 Å². The normalized spacial score (nSPS) is 10.9. The maximum absolute atomic E-state index is 12.7. The molecule has 6 heteroatoms. The molecule has 0 unspecified atom stereocenters. The number of furan rings is 1. The fraction of sp³-hybridized carbons (Fsp3) is 0.0417. The van der Waals surface area contributed by atoms with Crippen LogP contribution in [0.25, 0.3) is 33.9 Å². The van der Waals surface area contributed by atoms with Crippen LogP contribution in [0.4, 0.5) is 5.69 Å². The summed E-state index contributed by atoms with van der Waals surface area (Å²) in [6.07, 6.45) is 1.83. The number of hydrogen-bond donors (Lipinski definition) is 1. The average Bonchev–Trinajstić information content (AvgIpc) is 3.46. The Morgan fingerprint density at radius 3 is 2.60 bits per heavy atom. The predicted octanol–water partition coefficient (Wildman–Crippen LogP) is 5.33. The summed E-state index contributed by atoms with van der Waals surface area (Å²) in [5.41, 5.74) is 2.36. The number of rotatable bonds is 5. The molecular formula is C24H17N3O3. The zero-order valence-electron chi connectivity index (χ0n) is 15.9. The lowest BCUT2D eigenvalue weighted by Gasteiger charge is -2.08. The van der Waals surface area contributed by atoms with Gasteiger partial charge in [0.05, 0.1) is 12.7 Å². The lowest BCUT2D eigenvalue weighted by atomic mass is 10.0. The Morgan fingerprint density at radius 1 is 0.867 bits per heavy atom. The molecule has 2 heterocycles. The van der Waals surface area contributed by atoms with Gasteiger partial charge in [0, 0.05) is 11.3 Å². The number of nitrogens with zero attached hydrogens (tertiary/aromatic N) is 2. The summed E-state index contributed by atoms with van der Waals surface area (Å²) in [7, 11) is 0. The van der Waals surface area contributed by atoms with E-state index in [-0.39, 0.29) is 12.3 Å². The van der Waals surface area contributed by atoms with Crippen LogP contribution in [0.1, 0.15) is 5.56 Å². The van der Waals surface area contributed by atoms with E-state index in [0.717, 1.165) is 16.3 Å². The summed E-state index contributed by atoms with van der Waals surface area (Å²) in [5.74, 6) is 1.07. The number of hydrogen-bond acceptors (Lipinski definition) is 5. The van der Waals surface area contributed by atoms with E-state index in [1.165, 1.54) is 0 Å². The van der Waals surface area contributed by atoms with Crippen LogP contribution in [0.5, 0.6) is 0 Å². The molecule has 0 aliphatic rings. The van der Waals surface area contributed by atoms with Crippen molar-refractivity contribution in [2.75, 3.05) is 5.32 Å². The first-order valence-electron chi connectivity index (χ1n) is 9.50. The van der Waals surface area contributed by atoms with Crippen LogP contribution in [0.2, 0.25) is 0 Å². The minimum absolute atomic E-state index is 0.0923. The Morgan fingerprint density at radius 2 is 1.70 bits per heavy atom. The summed E-state index contributed by atoms with van der Waals surface area (Å²) >= 11 is 0. The van der Waals surface area contributed by atoms with E-state index in [0.29, 0.717) is 28.8 Å². The summed E-state index contributed by atoms with van der Waals surface area (Å²) < 4.78 is 11.0. The molecule has 0 aliphatic carbocycles. The van der Waals surface area contributed by atoms with Gasteiger partial charge in [0.2, 0.25) is 11.8 Å². The van der Waals surface area contributed by atoms with E-state index < -0.39 is 0 Å². The van der Waals surface area contributed by atoms with Crippen molar-refractivity contribution >= 4 is 22.4 Å². The second-order valence-electron chi connectivity index (χ2n) is 6.83. The monoisotopic (exact) mass is 395 g/mol. The quantitative estimate of drug-likeness (QED) is 0.435. The lowest BCUT2D eigenvalue weighted by Crippen LogP contribution is -2.14. The molecule has 1 N–H and O–H groups in total. The van der Waals surface area contributed by atoms with E-state index in [9.17, 15) is 4.79 Å². The minimum Gasteiger partial charge on any atom is -0.459 e. The number of carbonyl (C=O) groups excluding carboxylic acids is 1. The molecule has 0 fully saturated rings. The summed E-state index contributed by atoms with van der Waals surface area (Å²) in [4.78, 5) is 12.7. The van der Waals surface area contributed by atoms with Gasteiger partial charge >= 0.3 is 0 Å². The summed E-state index contributed by atoms with van der Waals surface area (Å²) in [6.45, 7) is 0. The first-order valence-corrected chi connectivity index (χ1v) is 9.50. The van der Waals surface area contributed by atoms with Gasteiger partial charge in [0.25, 0.3) is 5.89 Å². The first-order chi connectivity index (χ1) is 14.8. The second kappa shape index (κ2) is 7.67. The topological polar surface area (TPSA) is 81.2 Å². The number of nitrogens with one attached hydrogen (secondary N) is 1. The van der Waals surface area contributed by atoms with Gasteiger partial charge in [-0.1, -0.05) is 48.5 Å². The Labute approximate surface area is 172 Å². The van der Waals surface area contributed by atoms with Crippen LogP contribution in [-0.2, 0) is 11.2 Å². The van der Waals surface area contributed by atoms with Crippen molar-refractivity contribution in [1.82, 2.24) is 10.2 Å². The molecule has 0 atom stereocenters. The minimum atomic E-state index is -0.0923. The van der Waals surface area contributed by atoms with Crippen LogP contribution < -0.4 is 5.32 Å². The predicted molar refractivity (Wildman–Crippen MR) is 114 cm³/mol. The highest BCUT2D eigenvalue weighted by atomic mass is 16.4. The zero-order chi connectivity index (χ0) is 20.3. The Bertz CT molecular complexity index is 1320. The standard InChI is InChI=1S/C24H17N3O3/c28-22(15-17-8-3-7-16-6-1-2-11-20(16)17)25-19-10-4-9-18(14-19)23-26-27-24(30-23)21-12-5-13-29-21/h1-14H,15H2,(H,25,28). The average molecular weight is 395 g/mol. The largest absolute Gasteiger partial charge is 0.459 e. The molecule has 6 nitrogen and oxygen atoms in total. The highest BCUT2D eigenvalue weighted by Crippen LogP contribution is 2.26. The number of benzene rings is 3. The van der Waals surface area contributed by atoms with Gasteiger partial charge in [-0.05, 0) is 46.7 Å². The van der Waals surface area contributed by atoms with Gasteiger partial charge in [-0.2, -0.15) is 0 Å². The summed E-state index contributed by atoms with van der Waals surface area (Å²) in [6, 6.07) is 24.9. The van der Waals surface area contributed by atoms with Crippen molar-refractivity contribution in [3.8, 4) is 23.1 Å². The molecule has 2 aromatic heterocycles. The number of fused-ring (bicyclic) bond motifs is 1. The molecule has 0 bridgehead atoms. The Hall–Kier alpha value is -4.19. The van der Waals surface area contributed by atoms with Gasteiger partial charge in [-0.25, -0.2) is 0 Å². The lowest BCUT2D eigenvalue weighted by molar-refractivity contribution is -0.115. The van der Waals surface area contributed by atoms with Crippen molar-refractivity contribution in [1.29, 1.82) is 0 Å². The van der Waals surface area contributed by atoms with Crippen molar-refractivity contribution < 1.29 is 13.6 Å². The SMILES string of the molecule is O=C(Cc1cccc2ccccc12)Nc1cccc(-c2nnc(-c3ccco3)o2)c1. The Balaban J connectivity index is 1.34. The van der Waals surface area contributed by atoms with Crippen LogP contribution in [-0.4, -0.2) is 16.1 Å². The third kappa shape index (κ3) is 3.58. The number of aromatic nitrogens is 2. The molecular weight excluding hydrogens is 378 g/mol. The third-order valence-electron chi connectivity index (χ3n) is 4.78. The van der Waals surface area contributed by atoms with E-state index in [1.807, 2.05) is 60.7 Å². The van der Waals surface area contributed by atoms with Gasteiger partial charge in [-0.3, -0.25) is 4.79 Å². The van der Waals surface area contributed by atoms with Crippen LogP contribution in [0.3, 0.4) is 0 Å². The second-order valence-corrected chi connectivity index (χ2v) is 6.83. The van der Waals surface area contributed by atoms with Gasteiger partial charge in [-0.15, -0.1) is 10.2 Å². The van der Waals surface area contributed by atoms with Crippen molar-refractivity contribution in [2.45, 2.75) is 6.42 Å². The molecule has 0 saturated heterocycles. The van der Waals surface area contributed by atoms with E-state index in [2.05, 4.69) is 15.5 Å². The first kappa shape index (κ1) is 17.9. The molecule has 0 aliphatic heterocycles. The van der Waals surface area contributed by atoms with Gasteiger partial charge in [0.1, 0.15) is 0 Å². The third-order valence-corrected chi connectivity index (χ3v) is 4.78. The molecule has 3 aromatic carbocycles. The smallest absolute Gasteiger partial charge is 0.283 e. The van der Waals surface area contributed by atoms with Gasteiger partial charge < -0.3 is 14.2 Å². The number of carbonyl (C=O) groups is 1. The van der Waals surface area contributed by atoms with Crippen molar-refractivity contribution in [2.24, 2.45) is 0 Å². The Kier molecular flexibility index (Phi) is 4.57. The molecule has 0 saturated carbocycles. The molecule has 30 heavy (non-hydrogen) atoms. The highest BCUT2D eigenvalue weighted by Gasteiger charge is 2.13. The van der Waals surface area contributed by atoms with Crippen molar-refractivity contribution in [3.63, 3.8) is 0 Å².